The van der Waals surface area contributed by atoms with E-state index in [0.29, 0.717) is 17.7 Å². The number of rotatable bonds is 14. The van der Waals surface area contributed by atoms with Crippen molar-refractivity contribution in [3.8, 4) is 0 Å². The Morgan fingerprint density at radius 2 is 1.46 bits per heavy atom. The first-order valence-corrected chi connectivity index (χ1v) is 16.2. The van der Waals surface area contributed by atoms with Crippen LogP contribution in [0.3, 0.4) is 0 Å². The van der Waals surface area contributed by atoms with Crippen LogP contribution in [0.5, 0.6) is 0 Å². The molecule has 0 saturated carbocycles. The maximum absolute atomic E-state index is 13.6. The van der Waals surface area contributed by atoms with Crippen LogP contribution in [0.4, 0.5) is 9.59 Å². The van der Waals surface area contributed by atoms with Crippen molar-refractivity contribution in [2.75, 3.05) is 0 Å². The second-order valence-corrected chi connectivity index (χ2v) is 12.5. The number of ether oxygens (including phenoxy) is 2. The van der Waals surface area contributed by atoms with Gasteiger partial charge in [0.25, 0.3) is 0 Å². The van der Waals surface area contributed by atoms with Crippen molar-refractivity contribution < 1.29 is 28.7 Å². The van der Waals surface area contributed by atoms with Crippen molar-refractivity contribution in [3.63, 3.8) is 0 Å². The summed E-state index contributed by atoms with van der Waals surface area (Å²) in [4.78, 5) is 58.9. The molecule has 4 amide bonds. The normalized spacial score (nSPS) is 12.1. The molecule has 0 aliphatic heterocycles. The van der Waals surface area contributed by atoms with Crippen LogP contribution in [0.1, 0.15) is 55.1 Å². The maximum atomic E-state index is 13.6. The van der Waals surface area contributed by atoms with Crippen LogP contribution >= 0.6 is 0 Å². The Morgan fingerprint density at radius 3 is 2.08 bits per heavy atom. The lowest BCUT2D eigenvalue weighted by atomic mass is 10.0. The summed E-state index contributed by atoms with van der Waals surface area (Å²) in [5.74, 6) is -1.13. The van der Waals surface area contributed by atoms with Crippen LogP contribution in [-0.2, 0) is 45.1 Å². The van der Waals surface area contributed by atoms with Gasteiger partial charge in [-0.1, -0.05) is 84.9 Å². The average molecular weight is 682 g/mol. The van der Waals surface area contributed by atoms with Gasteiger partial charge in [0.05, 0.1) is 6.33 Å². The minimum atomic E-state index is -0.999. The Labute approximate surface area is 291 Å². The lowest BCUT2D eigenvalue weighted by Crippen LogP contribution is -2.55. The summed E-state index contributed by atoms with van der Waals surface area (Å²) in [7, 11) is 0. The number of nitrogens with one attached hydrogen (secondary N) is 6. The van der Waals surface area contributed by atoms with E-state index in [1.807, 2.05) is 60.7 Å². The molecule has 13 heteroatoms. The van der Waals surface area contributed by atoms with Gasteiger partial charge in [-0.3, -0.25) is 20.3 Å². The number of carbonyl (C=O) groups is 4. The molecule has 4 rings (SSSR count). The van der Waals surface area contributed by atoms with E-state index in [9.17, 15) is 19.2 Å². The van der Waals surface area contributed by atoms with E-state index in [0.717, 1.165) is 16.7 Å². The predicted molar refractivity (Wildman–Crippen MR) is 187 cm³/mol. The molecule has 0 aliphatic rings. The topological polar surface area (TPSA) is 187 Å². The van der Waals surface area contributed by atoms with Gasteiger partial charge in [0.2, 0.25) is 11.8 Å². The van der Waals surface area contributed by atoms with E-state index < -0.39 is 41.7 Å². The fraction of sp³-hybridized carbons (Fsp3) is 0.297. The Balaban J connectivity index is 1.36. The number of amides is 4. The smallest absolute Gasteiger partial charge is 0.413 e. The van der Waals surface area contributed by atoms with E-state index in [1.165, 1.54) is 6.33 Å². The van der Waals surface area contributed by atoms with E-state index in [4.69, 9.17) is 14.9 Å². The van der Waals surface area contributed by atoms with Gasteiger partial charge in [0.15, 0.2) is 0 Å². The van der Waals surface area contributed by atoms with Crippen LogP contribution in [-0.4, -0.2) is 57.5 Å². The average Bonchev–Trinajstić information content (AvgIpc) is 3.61. The van der Waals surface area contributed by atoms with E-state index >= 15 is 0 Å². The number of aromatic nitrogens is 2. The minimum absolute atomic E-state index is 0.0784. The number of amidine groups is 1. The molecule has 3 aromatic carbocycles. The Kier molecular flexibility index (Phi) is 13.2. The van der Waals surface area contributed by atoms with Gasteiger partial charge < -0.3 is 30.4 Å². The summed E-state index contributed by atoms with van der Waals surface area (Å²) in [6.45, 7) is 5.40. The molecule has 13 nitrogen and oxygen atoms in total. The highest BCUT2D eigenvalue weighted by Crippen LogP contribution is 2.11. The quantitative estimate of drug-likeness (QED) is 0.0833. The zero-order valence-electron chi connectivity index (χ0n) is 28.3. The first-order valence-electron chi connectivity index (χ1n) is 16.2. The molecule has 0 spiro atoms. The summed E-state index contributed by atoms with van der Waals surface area (Å²) < 4.78 is 10.6. The summed E-state index contributed by atoms with van der Waals surface area (Å²) in [5, 5.41) is 19.0. The van der Waals surface area contributed by atoms with Gasteiger partial charge >= 0.3 is 12.2 Å². The number of imidazole rings is 1. The number of aryl methyl sites for hydroxylation is 1. The number of hydrogen-bond acceptors (Lipinski definition) is 8. The number of carbonyl (C=O) groups excluding carboxylic acids is 4. The van der Waals surface area contributed by atoms with Crippen molar-refractivity contribution in [2.24, 2.45) is 0 Å². The van der Waals surface area contributed by atoms with Gasteiger partial charge in [0.1, 0.15) is 30.1 Å². The molecule has 4 aromatic rings. The summed E-state index contributed by atoms with van der Waals surface area (Å²) in [5.41, 5.74) is 2.84. The predicted octanol–water partition coefficient (Wildman–Crippen LogP) is 4.53. The molecule has 0 unspecified atom stereocenters. The molecule has 262 valence electrons. The second-order valence-electron chi connectivity index (χ2n) is 12.5. The third kappa shape index (κ3) is 12.6. The van der Waals surface area contributed by atoms with Gasteiger partial charge in [-0.15, -0.1) is 0 Å². The molecule has 6 N–H and O–H groups in total. The highest BCUT2D eigenvalue weighted by molar-refractivity contribution is 6.04. The number of nitrogens with zero attached hydrogens (tertiary/aromatic N) is 1. The number of benzene rings is 3. The number of hydrogen-bond donors (Lipinski definition) is 6. The Morgan fingerprint density at radius 1 is 0.800 bits per heavy atom. The zero-order valence-corrected chi connectivity index (χ0v) is 28.3. The fourth-order valence-corrected chi connectivity index (χ4v) is 4.81. The van der Waals surface area contributed by atoms with Gasteiger partial charge in [-0.25, -0.2) is 14.6 Å². The number of H-pyrrole nitrogens is 1. The van der Waals surface area contributed by atoms with Gasteiger partial charge in [-0.05, 0) is 50.3 Å². The number of alkyl carbamates (subject to hydrolysis) is 2. The van der Waals surface area contributed by atoms with Crippen molar-refractivity contribution in [3.05, 3.63) is 125 Å². The molecule has 1 heterocycles. The maximum Gasteiger partial charge on any atom is 0.413 e. The van der Waals surface area contributed by atoms with Gasteiger partial charge in [-0.2, -0.15) is 0 Å². The van der Waals surface area contributed by atoms with Crippen LogP contribution < -0.4 is 21.3 Å². The molecule has 0 radical (unpaired) electrons. The molecular formula is C37H43N7O6. The van der Waals surface area contributed by atoms with E-state index in [2.05, 4.69) is 31.2 Å². The molecule has 0 bridgehead atoms. The van der Waals surface area contributed by atoms with Crippen molar-refractivity contribution in [1.82, 2.24) is 31.2 Å². The highest BCUT2D eigenvalue weighted by atomic mass is 16.6. The Hall–Kier alpha value is -5.98. The first kappa shape index (κ1) is 36.8. The summed E-state index contributed by atoms with van der Waals surface area (Å²) in [6.07, 6.45) is 2.46. The summed E-state index contributed by atoms with van der Waals surface area (Å²) >= 11 is 0. The fourth-order valence-electron chi connectivity index (χ4n) is 4.81. The SMILES string of the molecule is CC(C)(C)OC(=O)N[C@H](CCc1ccccc1)C(=O)N[C@@H](Cc1cnc[nH]1)C(=O)NCc1ccc(C(=N)NC(=O)OCc2ccccc2)cc1. The molecule has 2 atom stereocenters. The lowest BCUT2D eigenvalue weighted by molar-refractivity contribution is -0.130. The highest BCUT2D eigenvalue weighted by Gasteiger charge is 2.29. The molecular weight excluding hydrogens is 638 g/mol. The zero-order chi connectivity index (χ0) is 35.9. The largest absolute Gasteiger partial charge is 0.444 e. The van der Waals surface area contributed by atoms with Crippen LogP contribution in [0.15, 0.2) is 97.5 Å². The third-order valence-electron chi connectivity index (χ3n) is 7.33. The van der Waals surface area contributed by atoms with E-state index in [-0.39, 0.29) is 31.8 Å². The monoisotopic (exact) mass is 681 g/mol. The van der Waals surface area contributed by atoms with Crippen LogP contribution in [0.2, 0.25) is 0 Å². The van der Waals surface area contributed by atoms with E-state index in [1.54, 1.807) is 51.2 Å². The number of aromatic amines is 1. The third-order valence-corrected chi connectivity index (χ3v) is 7.33. The standard InChI is InChI=1S/C37H43N7O6/c1-37(2,3)50-36(48)43-30(19-16-25-10-6-4-7-11-25)34(46)42-31(20-29-22-39-24-41-29)33(45)40-21-26-14-17-28(18-15-26)32(38)44-35(47)49-23-27-12-8-5-9-13-27/h4-15,17-18,22,24,30-31H,16,19-21,23H2,1-3H3,(H,39,41)(H,40,45)(H,42,46)(H,43,48)(H2,38,44,47)/t30-,31+/m1/s1. The second kappa shape index (κ2) is 18.0. The van der Waals surface area contributed by atoms with Crippen LogP contribution in [0, 0.1) is 5.41 Å². The Bertz CT molecular complexity index is 1710. The van der Waals surface area contributed by atoms with Crippen molar-refractivity contribution in [1.29, 1.82) is 5.41 Å². The minimum Gasteiger partial charge on any atom is -0.444 e. The molecule has 0 aliphatic carbocycles. The molecule has 0 fully saturated rings. The lowest BCUT2D eigenvalue weighted by Gasteiger charge is -2.25. The first-order chi connectivity index (χ1) is 23.9. The van der Waals surface area contributed by atoms with Gasteiger partial charge in [0, 0.05) is 30.4 Å². The van der Waals surface area contributed by atoms with Crippen LogP contribution in [0.25, 0.3) is 0 Å². The molecule has 0 saturated heterocycles. The molecule has 50 heavy (non-hydrogen) atoms. The van der Waals surface area contributed by atoms with Crippen molar-refractivity contribution in [2.45, 2.75) is 70.9 Å². The summed E-state index contributed by atoms with van der Waals surface area (Å²) in [6, 6.07) is 23.5. The van der Waals surface area contributed by atoms with Crippen molar-refractivity contribution >= 4 is 29.8 Å². The molecule has 1 aromatic heterocycles.